The number of carboxylic acid groups (broad SMARTS) is 1. The number of thioether (sulfide) groups is 1. The van der Waals surface area contributed by atoms with E-state index < -0.39 is 12.0 Å². The summed E-state index contributed by atoms with van der Waals surface area (Å²) >= 11 is 3.04. The molecule has 0 radical (unpaired) electrons. The van der Waals surface area contributed by atoms with Crippen molar-refractivity contribution in [1.29, 1.82) is 0 Å². The highest BCUT2D eigenvalue weighted by Gasteiger charge is 2.17. The molecule has 0 amide bonds. The van der Waals surface area contributed by atoms with E-state index in [1.165, 1.54) is 28.1 Å². The summed E-state index contributed by atoms with van der Waals surface area (Å²) in [6.45, 7) is 8.63. The molecule has 0 aromatic carbocycles. The average molecular weight is 409 g/mol. The van der Waals surface area contributed by atoms with E-state index in [0.29, 0.717) is 10.9 Å². The van der Waals surface area contributed by atoms with Gasteiger partial charge < -0.3 is 10.4 Å². The molecule has 2 N–H and O–H groups in total. The fraction of sp³-hybridized carbons (Fsp3) is 0.524. The maximum Gasteiger partial charge on any atom is 0.327 e. The number of aliphatic carboxylic acids is 1. The summed E-state index contributed by atoms with van der Waals surface area (Å²) in [7, 11) is 0. The van der Waals surface area contributed by atoms with Crippen molar-refractivity contribution in [1.82, 2.24) is 4.98 Å². The van der Waals surface area contributed by atoms with Crippen LogP contribution in [0.4, 0.5) is 5.13 Å². The molecule has 0 spiro atoms. The van der Waals surface area contributed by atoms with E-state index in [9.17, 15) is 9.90 Å². The van der Waals surface area contributed by atoms with Crippen LogP contribution in [0.2, 0.25) is 0 Å². The number of allylic oxidation sites excluding steroid dienone is 5. The van der Waals surface area contributed by atoms with Gasteiger partial charge in [-0.1, -0.05) is 34.9 Å². The molecule has 0 aliphatic rings. The van der Waals surface area contributed by atoms with Gasteiger partial charge in [-0.2, -0.15) is 11.8 Å². The number of rotatable bonds is 13. The van der Waals surface area contributed by atoms with E-state index >= 15 is 0 Å². The lowest BCUT2D eigenvalue weighted by Crippen LogP contribution is -2.31. The molecule has 27 heavy (non-hydrogen) atoms. The highest BCUT2D eigenvalue weighted by atomic mass is 32.2. The maximum atomic E-state index is 11.3. The second kappa shape index (κ2) is 13.6. The number of nitrogens with one attached hydrogen (secondary N) is 1. The summed E-state index contributed by atoms with van der Waals surface area (Å²) in [4.78, 5) is 15.4. The summed E-state index contributed by atoms with van der Waals surface area (Å²) < 4.78 is 0. The van der Waals surface area contributed by atoms with Crippen LogP contribution in [0.25, 0.3) is 0 Å². The predicted molar refractivity (Wildman–Crippen MR) is 120 cm³/mol. The fourth-order valence-corrected chi connectivity index (χ4v) is 3.93. The Labute approximate surface area is 171 Å². The summed E-state index contributed by atoms with van der Waals surface area (Å²) in [5.41, 5.74) is 4.19. The molecular formula is C21H32N2O2S2. The van der Waals surface area contributed by atoms with E-state index in [0.717, 1.165) is 31.4 Å². The molecular weight excluding hydrogens is 376 g/mol. The molecule has 0 fully saturated rings. The molecule has 1 aromatic heterocycles. The molecule has 4 nitrogen and oxygen atoms in total. The number of thiazole rings is 1. The molecule has 6 heteroatoms. The first kappa shape index (κ1) is 23.5. The van der Waals surface area contributed by atoms with Crippen molar-refractivity contribution in [2.45, 2.75) is 59.4 Å². The molecule has 0 saturated carbocycles. The summed E-state index contributed by atoms with van der Waals surface area (Å²) in [5, 5.41) is 14.8. The smallest absolute Gasteiger partial charge is 0.327 e. The number of hydrogen-bond acceptors (Lipinski definition) is 5. The Morgan fingerprint density at radius 3 is 2.44 bits per heavy atom. The molecule has 0 aliphatic heterocycles. The average Bonchev–Trinajstić information content (AvgIpc) is 3.10. The number of aromatic nitrogens is 1. The summed E-state index contributed by atoms with van der Waals surface area (Å²) in [5.74, 6) is 0.507. The van der Waals surface area contributed by atoms with Gasteiger partial charge in [0.25, 0.3) is 0 Å². The van der Waals surface area contributed by atoms with Gasteiger partial charge in [-0.05, 0) is 53.4 Å². The van der Waals surface area contributed by atoms with Crippen LogP contribution in [0.15, 0.2) is 46.5 Å². The van der Waals surface area contributed by atoms with Crippen molar-refractivity contribution >= 4 is 34.2 Å². The molecule has 0 bridgehead atoms. The zero-order valence-electron chi connectivity index (χ0n) is 16.8. The van der Waals surface area contributed by atoms with Gasteiger partial charge in [0.2, 0.25) is 0 Å². The van der Waals surface area contributed by atoms with Crippen LogP contribution in [-0.2, 0) is 4.79 Å². The number of nitrogens with zero attached hydrogens (tertiary/aromatic N) is 1. The highest BCUT2D eigenvalue weighted by Crippen LogP contribution is 2.16. The fourth-order valence-electron chi connectivity index (χ4n) is 2.34. The minimum absolute atomic E-state index is 0.516. The quantitative estimate of drug-likeness (QED) is 0.302. The van der Waals surface area contributed by atoms with Crippen LogP contribution in [-0.4, -0.2) is 33.6 Å². The lowest BCUT2D eigenvalue weighted by Gasteiger charge is -2.12. The van der Waals surface area contributed by atoms with Gasteiger partial charge in [0.1, 0.15) is 6.04 Å². The van der Waals surface area contributed by atoms with Gasteiger partial charge in [-0.3, -0.25) is 0 Å². The van der Waals surface area contributed by atoms with Crippen LogP contribution < -0.4 is 5.32 Å². The Morgan fingerprint density at radius 2 is 1.85 bits per heavy atom. The van der Waals surface area contributed by atoms with E-state index in [4.69, 9.17) is 0 Å². The number of hydrogen-bond donors (Lipinski definition) is 2. The minimum atomic E-state index is -0.841. The molecule has 1 heterocycles. The van der Waals surface area contributed by atoms with Gasteiger partial charge in [0.15, 0.2) is 5.13 Å². The number of carboxylic acids is 1. The summed E-state index contributed by atoms with van der Waals surface area (Å²) in [6.07, 6.45) is 12.9. The first-order chi connectivity index (χ1) is 12.9. The van der Waals surface area contributed by atoms with Gasteiger partial charge in [-0.25, -0.2) is 9.78 Å². The third-order valence-electron chi connectivity index (χ3n) is 3.99. The number of carbonyl (C=O) groups is 1. The Balaban J connectivity index is 2.26. The van der Waals surface area contributed by atoms with Gasteiger partial charge >= 0.3 is 5.97 Å². The number of anilines is 1. The second-order valence-corrected chi connectivity index (χ2v) is 8.84. The third-order valence-corrected chi connectivity index (χ3v) is 5.66. The van der Waals surface area contributed by atoms with Crippen LogP contribution >= 0.6 is 23.1 Å². The first-order valence-electron chi connectivity index (χ1n) is 9.29. The first-order valence-corrected chi connectivity index (χ1v) is 11.3. The normalized spacial score (nSPS) is 13.3. The largest absolute Gasteiger partial charge is 0.480 e. The SMILES string of the molecule is CC(C)=CCC/C(C)=C/CC/C(C)=C/CSCC(Nc1nccs1)C(=O)O. The van der Waals surface area contributed by atoms with Crippen LogP contribution in [0.3, 0.4) is 0 Å². The standard InChI is InChI=1S/C21H32N2O2S2/c1-16(2)7-5-8-17(3)9-6-10-18(4)11-13-26-15-19(20(24)25)23-21-22-12-14-27-21/h7,9,11-12,14,19H,5-6,8,10,13,15H2,1-4H3,(H,22,23)(H,24,25)/b17-9+,18-11+. The van der Waals surface area contributed by atoms with E-state index in [2.05, 4.69) is 56.2 Å². The van der Waals surface area contributed by atoms with Gasteiger partial charge in [0.05, 0.1) is 0 Å². The van der Waals surface area contributed by atoms with E-state index in [1.54, 1.807) is 18.0 Å². The van der Waals surface area contributed by atoms with Crippen LogP contribution in [0.5, 0.6) is 0 Å². The van der Waals surface area contributed by atoms with Crippen molar-refractivity contribution in [3.63, 3.8) is 0 Å². The third kappa shape index (κ3) is 11.7. The van der Waals surface area contributed by atoms with E-state index in [-0.39, 0.29) is 0 Å². The monoisotopic (exact) mass is 408 g/mol. The Morgan fingerprint density at radius 1 is 1.19 bits per heavy atom. The molecule has 0 aliphatic carbocycles. The van der Waals surface area contributed by atoms with Gasteiger partial charge in [-0.15, -0.1) is 11.3 Å². The molecule has 1 aromatic rings. The zero-order valence-corrected chi connectivity index (χ0v) is 18.5. The molecule has 0 saturated heterocycles. The minimum Gasteiger partial charge on any atom is -0.480 e. The van der Waals surface area contributed by atoms with Crippen molar-refractivity contribution in [2.75, 3.05) is 16.8 Å². The van der Waals surface area contributed by atoms with Crippen molar-refractivity contribution in [3.8, 4) is 0 Å². The maximum absolute atomic E-state index is 11.3. The predicted octanol–water partition coefficient (Wildman–Crippen LogP) is 6.16. The van der Waals surface area contributed by atoms with Gasteiger partial charge in [0, 0.05) is 23.1 Å². The van der Waals surface area contributed by atoms with Crippen LogP contribution in [0, 0.1) is 0 Å². The molecule has 1 unspecified atom stereocenters. The van der Waals surface area contributed by atoms with E-state index in [1.807, 2.05) is 5.38 Å². The van der Waals surface area contributed by atoms with Crippen molar-refractivity contribution in [2.24, 2.45) is 0 Å². The Bertz CT molecular complexity index is 645. The lowest BCUT2D eigenvalue weighted by atomic mass is 10.1. The lowest BCUT2D eigenvalue weighted by molar-refractivity contribution is -0.137. The zero-order chi connectivity index (χ0) is 20.1. The van der Waals surface area contributed by atoms with Crippen LogP contribution in [0.1, 0.15) is 53.4 Å². The summed E-state index contributed by atoms with van der Waals surface area (Å²) in [6, 6.07) is -0.610. The molecule has 1 atom stereocenters. The second-order valence-electron chi connectivity index (χ2n) is 6.87. The Kier molecular flexibility index (Phi) is 11.9. The highest BCUT2D eigenvalue weighted by molar-refractivity contribution is 7.99. The molecule has 150 valence electrons. The van der Waals surface area contributed by atoms with Crippen molar-refractivity contribution < 1.29 is 9.90 Å². The Hall–Kier alpha value is -1.53. The topological polar surface area (TPSA) is 62.2 Å². The molecule has 1 rings (SSSR count). The van der Waals surface area contributed by atoms with Crippen molar-refractivity contribution in [3.05, 3.63) is 46.5 Å².